The van der Waals surface area contributed by atoms with Gasteiger partial charge in [0.2, 0.25) is 0 Å². The molecule has 1 aromatic carbocycles. The molecule has 0 fully saturated rings. The van der Waals surface area contributed by atoms with Crippen LogP contribution in [0.2, 0.25) is 0 Å². The zero-order valence-corrected chi connectivity index (χ0v) is 12.5. The minimum absolute atomic E-state index is 0.0500. The fourth-order valence-corrected chi connectivity index (χ4v) is 2.56. The number of nitrogens with zero attached hydrogens (tertiary/aromatic N) is 2. The Balaban J connectivity index is 2.04. The Bertz CT molecular complexity index is 617. The molecule has 1 N–H and O–H groups in total. The standard InChI is InChI=1S/C14H17N3O2S/c1-14(2,3)13-16-11(9-20-13)8-15-10-5-4-6-12(7-10)17(18)19/h4-7,9,15H,8H2,1-3H3. The second-order valence-corrected chi connectivity index (χ2v) is 6.41. The Hall–Kier alpha value is -1.95. The maximum absolute atomic E-state index is 10.7. The molecule has 2 aromatic rings. The third kappa shape index (κ3) is 3.54. The van der Waals surface area contributed by atoms with Crippen LogP contribution in [0.15, 0.2) is 29.6 Å². The molecule has 0 spiro atoms. The molecule has 0 radical (unpaired) electrons. The van der Waals surface area contributed by atoms with Crippen molar-refractivity contribution in [2.24, 2.45) is 0 Å². The normalized spacial score (nSPS) is 11.3. The molecule has 20 heavy (non-hydrogen) atoms. The number of rotatable bonds is 4. The lowest BCUT2D eigenvalue weighted by Gasteiger charge is -2.13. The molecular weight excluding hydrogens is 274 g/mol. The lowest BCUT2D eigenvalue weighted by atomic mass is 9.98. The largest absolute Gasteiger partial charge is 0.379 e. The maximum atomic E-state index is 10.7. The Morgan fingerprint density at radius 2 is 2.15 bits per heavy atom. The summed E-state index contributed by atoms with van der Waals surface area (Å²) >= 11 is 1.64. The summed E-state index contributed by atoms with van der Waals surface area (Å²) in [5.74, 6) is 0. The molecule has 5 nitrogen and oxygen atoms in total. The van der Waals surface area contributed by atoms with Crippen molar-refractivity contribution in [3.05, 3.63) is 50.5 Å². The number of nitrogens with one attached hydrogen (secondary N) is 1. The second-order valence-electron chi connectivity index (χ2n) is 5.55. The molecule has 0 bridgehead atoms. The summed E-state index contributed by atoms with van der Waals surface area (Å²) in [5, 5.41) is 17.0. The van der Waals surface area contributed by atoms with Gasteiger partial charge in [-0.2, -0.15) is 0 Å². The van der Waals surface area contributed by atoms with Crippen molar-refractivity contribution >= 4 is 22.7 Å². The molecule has 0 aliphatic heterocycles. The average molecular weight is 291 g/mol. The summed E-state index contributed by atoms with van der Waals surface area (Å²) in [5.41, 5.74) is 1.81. The quantitative estimate of drug-likeness (QED) is 0.684. The third-order valence-electron chi connectivity index (χ3n) is 2.72. The van der Waals surface area contributed by atoms with E-state index in [1.807, 2.05) is 11.4 Å². The third-order valence-corrected chi connectivity index (χ3v) is 4.04. The molecule has 0 aliphatic rings. The summed E-state index contributed by atoms with van der Waals surface area (Å²) in [6, 6.07) is 6.48. The summed E-state index contributed by atoms with van der Waals surface area (Å²) in [6.45, 7) is 6.95. The fourth-order valence-electron chi connectivity index (χ4n) is 1.65. The van der Waals surface area contributed by atoms with E-state index >= 15 is 0 Å². The van der Waals surface area contributed by atoms with Gasteiger partial charge in [-0.25, -0.2) is 4.98 Å². The summed E-state index contributed by atoms with van der Waals surface area (Å²) in [7, 11) is 0. The van der Waals surface area contributed by atoms with E-state index in [0.717, 1.165) is 16.4 Å². The topological polar surface area (TPSA) is 68.1 Å². The number of non-ortho nitro benzene ring substituents is 1. The molecule has 106 valence electrons. The van der Waals surface area contributed by atoms with Crippen LogP contribution in [-0.4, -0.2) is 9.91 Å². The van der Waals surface area contributed by atoms with Crippen LogP contribution in [0, 0.1) is 10.1 Å². The van der Waals surface area contributed by atoms with E-state index in [2.05, 4.69) is 31.1 Å². The molecular formula is C14H17N3O2S. The van der Waals surface area contributed by atoms with Gasteiger partial charge in [0.05, 0.1) is 22.2 Å². The highest BCUT2D eigenvalue weighted by Crippen LogP contribution is 2.26. The van der Waals surface area contributed by atoms with E-state index in [-0.39, 0.29) is 11.1 Å². The molecule has 0 amide bonds. The van der Waals surface area contributed by atoms with Crippen LogP contribution in [0.5, 0.6) is 0 Å². The van der Waals surface area contributed by atoms with E-state index in [0.29, 0.717) is 6.54 Å². The van der Waals surface area contributed by atoms with Crippen molar-refractivity contribution in [2.75, 3.05) is 5.32 Å². The molecule has 1 aromatic heterocycles. The zero-order chi connectivity index (χ0) is 14.8. The van der Waals surface area contributed by atoms with E-state index < -0.39 is 4.92 Å². The molecule has 0 aliphatic carbocycles. The number of benzene rings is 1. The van der Waals surface area contributed by atoms with E-state index in [4.69, 9.17) is 0 Å². The van der Waals surface area contributed by atoms with Crippen LogP contribution in [0.3, 0.4) is 0 Å². The van der Waals surface area contributed by atoms with Crippen LogP contribution < -0.4 is 5.32 Å². The highest BCUT2D eigenvalue weighted by molar-refractivity contribution is 7.09. The number of anilines is 1. The van der Waals surface area contributed by atoms with E-state index in [9.17, 15) is 10.1 Å². The summed E-state index contributed by atoms with van der Waals surface area (Å²) < 4.78 is 0. The number of nitro benzene ring substituents is 1. The van der Waals surface area contributed by atoms with Gasteiger partial charge in [0.1, 0.15) is 0 Å². The first-order valence-electron chi connectivity index (χ1n) is 6.29. The first-order valence-corrected chi connectivity index (χ1v) is 7.17. The Kier molecular flexibility index (Phi) is 4.04. The Morgan fingerprint density at radius 1 is 1.40 bits per heavy atom. The van der Waals surface area contributed by atoms with Crippen LogP contribution in [0.4, 0.5) is 11.4 Å². The van der Waals surface area contributed by atoms with Gasteiger partial charge in [0.25, 0.3) is 5.69 Å². The van der Waals surface area contributed by atoms with Gasteiger partial charge in [-0.15, -0.1) is 11.3 Å². The first kappa shape index (κ1) is 14.5. The van der Waals surface area contributed by atoms with Crippen LogP contribution in [0.1, 0.15) is 31.5 Å². The molecule has 0 saturated heterocycles. The molecule has 0 atom stereocenters. The van der Waals surface area contributed by atoms with Crippen molar-refractivity contribution in [1.29, 1.82) is 0 Å². The lowest BCUT2D eigenvalue weighted by molar-refractivity contribution is -0.384. The minimum Gasteiger partial charge on any atom is -0.379 e. The monoisotopic (exact) mass is 291 g/mol. The van der Waals surface area contributed by atoms with Gasteiger partial charge >= 0.3 is 0 Å². The SMILES string of the molecule is CC(C)(C)c1nc(CNc2cccc([N+](=O)[O-])c2)cs1. The Morgan fingerprint density at radius 3 is 2.75 bits per heavy atom. The minimum atomic E-state index is -0.397. The first-order chi connectivity index (χ1) is 9.36. The highest BCUT2D eigenvalue weighted by Gasteiger charge is 2.17. The number of hydrogen-bond acceptors (Lipinski definition) is 5. The molecule has 0 unspecified atom stereocenters. The van der Waals surface area contributed by atoms with Gasteiger partial charge in [-0.05, 0) is 6.07 Å². The van der Waals surface area contributed by atoms with Gasteiger partial charge < -0.3 is 5.32 Å². The number of hydrogen-bond donors (Lipinski definition) is 1. The van der Waals surface area contributed by atoms with Gasteiger partial charge in [0.15, 0.2) is 0 Å². The molecule has 6 heteroatoms. The summed E-state index contributed by atoms with van der Waals surface area (Å²) in [4.78, 5) is 14.9. The van der Waals surface area contributed by atoms with Crippen LogP contribution in [0.25, 0.3) is 0 Å². The summed E-state index contributed by atoms with van der Waals surface area (Å²) in [6.07, 6.45) is 0. The number of thiazole rings is 1. The number of aromatic nitrogens is 1. The second kappa shape index (κ2) is 5.58. The highest BCUT2D eigenvalue weighted by atomic mass is 32.1. The molecule has 2 rings (SSSR count). The van der Waals surface area contributed by atoms with Gasteiger partial charge in [-0.3, -0.25) is 10.1 Å². The average Bonchev–Trinajstić information content (AvgIpc) is 2.85. The fraction of sp³-hybridized carbons (Fsp3) is 0.357. The van der Waals surface area contributed by atoms with Crippen molar-refractivity contribution < 1.29 is 4.92 Å². The van der Waals surface area contributed by atoms with Crippen LogP contribution >= 0.6 is 11.3 Å². The van der Waals surface area contributed by atoms with Gasteiger partial charge in [-0.1, -0.05) is 26.8 Å². The van der Waals surface area contributed by atoms with Gasteiger partial charge in [0, 0.05) is 28.6 Å². The van der Waals surface area contributed by atoms with Crippen LogP contribution in [-0.2, 0) is 12.0 Å². The lowest BCUT2D eigenvalue weighted by Crippen LogP contribution is -2.11. The smallest absolute Gasteiger partial charge is 0.271 e. The van der Waals surface area contributed by atoms with E-state index in [1.54, 1.807) is 17.4 Å². The van der Waals surface area contributed by atoms with E-state index in [1.165, 1.54) is 12.1 Å². The zero-order valence-electron chi connectivity index (χ0n) is 11.7. The molecule has 1 heterocycles. The predicted molar refractivity (Wildman–Crippen MR) is 81.2 cm³/mol. The Labute approximate surface area is 121 Å². The van der Waals surface area contributed by atoms with Crippen molar-refractivity contribution in [3.63, 3.8) is 0 Å². The van der Waals surface area contributed by atoms with Crippen molar-refractivity contribution in [2.45, 2.75) is 32.7 Å². The molecule has 0 saturated carbocycles. The number of nitro groups is 1. The van der Waals surface area contributed by atoms with Crippen molar-refractivity contribution in [1.82, 2.24) is 4.98 Å². The van der Waals surface area contributed by atoms with Crippen molar-refractivity contribution in [3.8, 4) is 0 Å². The maximum Gasteiger partial charge on any atom is 0.271 e. The predicted octanol–water partition coefficient (Wildman–Crippen LogP) is 3.96.